The van der Waals surface area contributed by atoms with E-state index < -0.39 is 22.1 Å². The van der Waals surface area contributed by atoms with E-state index in [1.807, 2.05) is 0 Å². The molecule has 7 heteroatoms. The highest BCUT2D eigenvalue weighted by atomic mass is 16.6. The molecule has 0 saturated carbocycles. The molecule has 0 heterocycles. The predicted molar refractivity (Wildman–Crippen MR) is 67.1 cm³/mol. The van der Waals surface area contributed by atoms with Crippen LogP contribution in [0.1, 0.15) is 29.8 Å². The minimum absolute atomic E-state index is 0.148. The number of hydrogen-bond donors (Lipinski definition) is 1. The molecule has 104 valence electrons. The van der Waals surface area contributed by atoms with Gasteiger partial charge in [-0.15, -0.1) is 0 Å². The molecule has 0 aromatic heterocycles. The maximum Gasteiger partial charge on any atom is 0.342 e. The molecule has 0 atom stereocenters. The van der Waals surface area contributed by atoms with Crippen molar-refractivity contribution in [2.45, 2.75) is 20.8 Å². The summed E-state index contributed by atoms with van der Waals surface area (Å²) in [6.07, 6.45) is 0. The lowest BCUT2D eigenvalue weighted by atomic mass is 10.1. The molecular formula is C12H15NO6. The number of benzene rings is 1. The summed E-state index contributed by atoms with van der Waals surface area (Å²) in [6, 6.07) is 1.13. The van der Waals surface area contributed by atoms with Crippen molar-refractivity contribution in [3.05, 3.63) is 27.3 Å². The van der Waals surface area contributed by atoms with Gasteiger partial charge in [-0.1, -0.05) is 0 Å². The van der Waals surface area contributed by atoms with Crippen LogP contribution in [-0.4, -0.2) is 29.2 Å². The summed E-state index contributed by atoms with van der Waals surface area (Å²) in [5, 5.41) is 20.1. The van der Waals surface area contributed by atoms with E-state index in [9.17, 15) is 14.9 Å². The summed E-state index contributed by atoms with van der Waals surface area (Å²) in [6.45, 7) is 5.50. The molecule has 1 aromatic rings. The Kier molecular flexibility index (Phi) is 4.68. The van der Waals surface area contributed by atoms with Crippen molar-refractivity contribution in [1.29, 1.82) is 0 Å². The van der Waals surface area contributed by atoms with E-state index in [1.165, 1.54) is 6.92 Å². The molecule has 1 N–H and O–H groups in total. The number of ether oxygens (including phenoxy) is 2. The van der Waals surface area contributed by atoms with E-state index >= 15 is 0 Å². The van der Waals surface area contributed by atoms with Gasteiger partial charge in [-0.2, -0.15) is 0 Å². The Labute approximate surface area is 109 Å². The van der Waals surface area contributed by atoms with Gasteiger partial charge in [-0.05, 0) is 20.8 Å². The fraction of sp³-hybridized carbons (Fsp3) is 0.417. The number of hydrogen-bond acceptors (Lipinski definition) is 5. The molecule has 7 nitrogen and oxygen atoms in total. The number of carboxylic acid groups (broad SMARTS) is 1. The van der Waals surface area contributed by atoms with E-state index in [1.54, 1.807) is 13.8 Å². The molecule has 0 radical (unpaired) electrons. The highest BCUT2D eigenvalue weighted by Gasteiger charge is 2.28. The fourth-order valence-electron chi connectivity index (χ4n) is 1.74. The Bertz CT molecular complexity index is 511. The van der Waals surface area contributed by atoms with Crippen molar-refractivity contribution < 1.29 is 24.3 Å². The predicted octanol–water partition coefficient (Wildman–Crippen LogP) is 2.40. The quantitative estimate of drug-likeness (QED) is 0.628. The van der Waals surface area contributed by atoms with Crippen LogP contribution < -0.4 is 9.47 Å². The first-order valence-electron chi connectivity index (χ1n) is 5.74. The smallest absolute Gasteiger partial charge is 0.342 e. The number of aromatic carboxylic acids is 1. The van der Waals surface area contributed by atoms with Crippen molar-refractivity contribution in [3.63, 3.8) is 0 Å². The summed E-state index contributed by atoms with van der Waals surface area (Å²) in [4.78, 5) is 21.4. The average Bonchev–Trinajstić information content (AvgIpc) is 2.32. The number of rotatable bonds is 6. The lowest BCUT2D eigenvalue weighted by molar-refractivity contribution is -0.385. The molecule has 0 fully saturated rings. The van der Waals surface area contributed by atoms with Crippen LogP contribution in [0, 0.1) is 17.0 Å². The molecule has 0 aliphatic heterocycles. The first-order chi connectivity index (χ1) is 8.93. The van der Waals surface area contributed by atoms with Gasteiger partial charge in [0.25, 0.3) is 5.69 Å². The van der Waals surface area contributed by atoms with Crippen LogP contribution in [0.15, 0.2) is 6.07 Å². The van der Waals surface area contributed by atoms with Crippen molar-refractivity contribution in [2.24, 2.45) is 0 Å². The van der Waals surface area contributed by atoms with E-state index in [-0.39, 0.29) is 17.1 Å². The lowest BCUT2D eigenvalue weighted by Gasteiger charge is -2.14. The molecule has 0 aliphatic carbocycles. The number of carboxylic acids is 1. The van der Waals surface area contributed by atoms with E-state index in [4.69, 9.17) is 14.6 Å². The third-order valence-electron chi connectivity index (χ3n) is 2.45. The topological polar surface area (TPSA) is 98.9 Å². The number of nitrogens with zero attached hydrogens (tertiary/aromatic N) is 1. The zero-order chi connectivity index (χ0) is 14.6. The maximum absolute atomic E-state index is 11.1. The van der Waals surface area contributed by atoms with Crippen LogP contribution >= 0.6 is 0 Å². The number of carbonyl (C=O) groups is 1. The lowest BCUT2D eigenvalue weighted by Crippen LogP contribution is -2.09. The number of nitro benzene ring substituents is 1. The van der Waals surface area contributed by atoms with Gasteiger partial charge in [0, 0.05) is 6.07 Å². The molecular weight excluding hydrogens is 254 g/mol. The van der Waals surface area contributed by atoms with Gasteiger partial charge in [0.2, 0.25) is 0 Å². The monoisotopic (exact) mass is 269 g/mol. The van der Waals surface area contributed by atoms with Gasteiger partial charge in [0.05, 0.1) is 23.7 Å². The molecule has 0 unspecified atom stereocenters. The Morgan fingerprint density at radius 1 is 1.37 bits per heavy atom. The second kappa shape index (κ2) is 6.03. The zero-order valence-electron chi connectivity index (χ0n) is 10.9. The van der Waals surface area contributed by atoms with Gasteiger partial charge < -0.3 is 14.6 Å². The highest BCUT2D eigenvalue weighted by molar-refractivity contribution is 5.94. The van der Waals surface area contributed by atoms with Gasteiger partial charge in [0.1, 0.15) is 5.56 Å². The van der Waals surface area contributed by atoms with Gasteiger partial charge >= 0.3 is 5.97 Å². The fourth-order valence-corrected chi connectivity index (χ4v) is 1.74. The highest BCUT2D eigenvalue weighted by Crippen LogP contribution is 2.39. The average molecular weight is 269 g/mol. The Morgan fingerprint density at radius 3 is 2.37 bits per heavy atom. The maximum atomic E-state index is 11.1. The van der Waals surface area contributed by atoms with Gasteiger partial charge in [-0.25, -0.2) is 4.79 Å². The molecule has 19 heavy (non-hydrogen) atoms. The van der Waals surface area contributed by atoms with Crippen LogP contribution in [0.4, 0.5) is 5.69 Å². The van der Waals surface area contributed by atoms with Crippen LogP contribution in [0.2, 0.25) is 0 Å². The van der Waals surface area contributed by atoms with Gasteiger partial charge in [-0.3, -0.25) is 10.1 Å². The van der Waals surface area contributed by atoms with Gasteiger partial charge in [0.15, 0.2) is 11.5 Å². The Morgan fingerprint density at radius 2 is 1.95 bits per heavy atom. The van der Waals surface area contributed by atoms with Crippen molar-refractivity contribution >= 4 is 11.7 Å². The standard InChI is InChI=1S/C12H15NO6/c1-4-18-9-6-8(12(14)15)10(13(16)17)7(3)11(9)19-5-2/h6H,4-5H2,1-3H3,(H,14,15). The molecule has 0 amide bonds. The Balaban J connectivity index is 3.59. The summed E-state index contributed by atoms with van der Waals surface area (Å²) in [5.74, 6) is -0.968. The zero-order valence-corrected chi connectivity index (χ0v) is 10.9. The second-order valence-corrected chi connectivity index (χ2v) is 3.65. The first kappa shape index (κ1) is 14.7. The van der Waals surface area contributed by atoms with E-state index in [0.717, 1.165) is 6.07 Å². The normalized spacial score (nSPS) is 10.1. The minimum Gasteiger partial charge on any atom is -0.490 e. The third kappa shape index (κ3) is 2.93. The molecule has 1 rings (SSSR count). The summed E-state index contributed by atoms with van der Waals surface area (Å²) < 4.78 is 10.6. The minimum atomic E-state index is -1.38. The molecule has 0 aliphatic rings. The van der Waals surface area contributed by atoms with Crippen molar-refractivity contribution in [1.82, 2.24) is 0 Å². The van der Waals surface area contributed by atoms with Crippen LogP contribution in [0.3, 0.4) is 0 Å². The summed E-state index contributed by atoms with van der Waals surface area (Å²) >= 11 is 0. The van der Waals surface area contributed by atoms with Crippen LogP contribution in [0.25, 0.3) is 0 Å². The van der Waals surface area contributed by atoms with Crippen molar-refractivity contribution in [3.8, 4) is 11.5 Å². The van der Waals surface area contributed by atoms with Crippen LogP contribution in [0.5, 0.6) is 11.5 Å². The SMILES string of the molecule is CCOc1cc(C(=O)O)c([N+](=O)[O-])c(C)c1OCC. The first-order valence-corrected chi connectivity index (χ1v) is 5.74. The summed E-state index contributed by atoms with van der Waals surface area (Å²) in [7, 11) is 0. The molecule has 0 saturated heterocycles. The molecule has 0 spiro atoms. The van der Waals surface area contributed by atoms with E-state index in [0.29, 0.717) is 13.2 Å². The molecule has 1 aromatic carbocycles. The van der Waals surface area contributed by atoms with Crippen molar-refractivity contribution in [2.75, 3.05) is 13.2 Å². The molecule has 0 bridgehead atoms. The number of nitro groups is 1. The Hall–Kier alpha value is -2.31. The summed E-state index contributed by atoms with van der Waals surface area (Å²) in [5.41, 5.74) is -0.732. The third-order valence-corrected chi connectivity index (χ3v) is 2.45. The second-order valence-electron chi connectivity index (χ2n) is 3.65. The van der Waals surface area contributed by atoms with E-state index in [2.05, 4.69) is 0 Å². The largest absolute Gasteiger partial charge is 0.490 e. The van der Waals surface area contributed by atoms with Crippen LogP contribution in [-0.2, 0) is 0 Å².